The molecule has 13 heavy (non-hydrogen) atoms. The molecule has 0 saturated heterocycles. The van der Waals surface area contributed by atoms with Crippen molar-refractivity contribution in [1.82, 2.24) is 0 Å². The van der Waals surface area contributed by atoms with Crippen LogP contribution in [0.25, 0.3) is 0 Å². The average molecular weight is 190 g/mol. The predicted molar refractivity (Wildman–Crippen MR) is 44.8 cm³/mol. The van der Waals surface area contributed by atoms with Crippen molar-refractivity contribution in [2.75, 3.05) is 6.61 Å². The molecule has 0 aromatic rings. The van der Waals surface area contributed by atoms with Crippen LogP contribution in [0.5, 0.6) is 0 Å². The Labute approximate surface area is 75.8 Å². The van der Waals surface area contributed by atoms with Crippen LogP contribution in [-0.4, -0.2) is 35.7 Å². The second-order valence-electron chi connectivity index (χ2n) is 2.69. The summed E-state index contributed by atoms with van der Waals surface area (Å²) >= 11 is 0. The van der Waals surface area contributed by atoms with E-state index in [9.17, 15) is 9.59 Å². The molecular formula is C7H14N2O4. The van der Waals surface area contributed by atoms with Gasteiger partial charge in [-0.2, -0.15) is 0 Å². The van der Waals surface area contributed by atoms with Crippen LogP contribution in [0.2, 0.25) is 0 Å². The largest absolute Gasteiger partial charge is 0.480 e. The fourth-order valence-electron chi connectivity index (χ4n) is 0.541. The standard InChI is InChI=1S/C7H14N2O4/c1-4(8)7(12)13-3-2-5(9)6(10)11/h4-5H,2-3,8-9H2,1H3,(H,10,11)/t4-,5-/m1/s1. The van der Waals surface area contributed by atoms with E-state index >= 15 is 0 Å². The van der Waals surface area contributed by atoms with Crippen molar-refractivity contribution in [2.45, 2.75) is 25.4 Å². The smallest absolute Gasteiger partial charge is 0.322 e. The minimum atomic E-state index is -1.11. The predicted octanol–water partition coefficient (Wildman–Crippen LogP) is -1.32. The van der Waals surface area contributed by atoms with Gasteiger partial charge in [0.2, 0.25) is 0 Å². The number of carbonyl (C=O) groups is 2. The molecule has 76 valence electrons. The lowest BCUT2D eigenvalue weighted by molar-refractivity contribution is -0.146. The van der Waals surface area contributed by atoms with Gasteiger partial charge >= 0.3 is 11.9 Å². The Morgan fingerprint density at radius 3 is 2.38 bits per heavy atom. The molecule has 0 spiro atoms. The van der Waals surface area contributed by atoms with Gasteiger partial charge in [0.05, 0.1) is 6.61 Å². The summed E-state index contributed by atoms with van der Waals surface area (Å²) in [5.41, 5.74) is 10.3. The van der Waals surface area contributed by atoms with Gasteiger partial charge in [-0.3, -0.25) is 9.59 Å². The molecule has 0 aliphatic rings. The zero-order chi connectivity index (χ0) is 10.4. The minimum Gasteiger partial charge on any atom is -0.480 e. The van der Waals surface area contributed by atoms with Crippen molar-refractivity contribution in [3.05, 3.63) is 0 Å². The number of carboxylic acids is 1. The maximum Gasteiger partial charge on any atom is 0.322 e. The van der Waals surface area contributed by atoms with E-state index in [2.05, 4.69) is 4.74 Å². The molecule has 0 radical (unpaired) electrons. The Hall–Kier alpha value is -1.14. The number of nitrogens with two attached hydrogens (primary N) is 2. The number of rotatable bonds is 5. The second kappa shape index (κ2) is 5.50. The van der Waals surface area contributed by atoms with Crippen molar-refractivity contribution < 1.29 is 19.4 Å². The molecule has 0 aromatic carbocycles. The molecule has 6 nitrogen and oxygen atoms in total. The topological polar surface area (TPSA) is 116 Å². The Morgan fingerprint density at radius 1 is 1.46 bits per heavy atom. The SMILES string of the molecule is C[C@@H](N)C(=O)OCC[C@@H](N)C(=O)O. The molecule has 2 atom stereocenters. The van der Waals surface area contributed by atoms with E-state index in [1.807, 2.05) is 0 Å². The third-order valence-corrected chi connectivity index (χ3v) is 1.36. The first-order valence-electron chi connectivity index (χ1n) is 3.85. The lowest BCUT2D eigenvalue weighted by atomic mass is 10.2. The molecule has 0 bridgehead atoms. The first-order valence-corrected chi connectivity index (χ1v) is 3.85. The van der Waals surface area contributed by atoms with E-state index in [1.54, 1.807) is 0 Å². The highest BCUT2D eigenvalue weighted by Crippen LogP contribution is 1.91. The van der Waals surface area contributed by atoms with E-state index in [0.29, 0.717) is 0 Å². The Bertz CT molecular complexity index is 193. The van der Waals surface area contributed by atoms with E-state index in [1.165, 1.54) is 6.92 Å². The van der Waals surface area contributed by atoms with E-state index in [4.69, 9.17) is 16.6 Å². The van der Waals surface area contributed by atoms with Gasteiger partial charge in [-0.05, 0) is 6.92 Å². The van der Waals surface area contributed by atoms with E-state index in [-0.39, 0.29) is 13.0 Å². The first-order chi connectivity index (χ1) is 5.95. The molecule has 6 heteroatoms. The van der Waals surface area contributed by atoms with Crippen LogP contribution in [0.15, 0.2) is 0 Å². The summed E-state index contributed by atoms with van der Waals surface area (Å²) < 4.78 is 4.62. The van der Waals surface area contributed by atoms with Crippen LogP contribution in [0.3, 0.4) is 0 Å². The summed E-state index contributed by atoms with van der Waals surface area (Å²) in [4.78, 5) is 21.0. The number of hydrogen-bond donors (Lipinski definition) is 3. The zero-order valence-corrected chi connectivity index (χ0v) is 7.40. The molecule has 0 fully saturated rings. The normalized spacial score (nSPS) is 14.7. The van der Waals surface area contributed by atoms with Gasteiger partial charge in [0.15, 0.2) is 0 Å². The highest BCUT2D eigenvalue weighted by atomic mass is 16.5. The lowest BCUT2D eigenvalue weighted by Gasteiger charge is -2.08. The molecule has 0 aliphatic heterocycles. The number of esters is 1. The lowest BCUT2D eigenvalue weighted by Crippen LogP contribution is -2.33. The van der Waals surface area contributed by atoms with Crippen LogP contribution in [-0.2, 0) is 14.3 Å². The van der Waals surface area contributed by atoms with Crippen LogP contribution < -0.4 is 11.5 Å². The quantitative estimate of drug-likeness (QED) is 0.463. The fraction of sp³-hybridized carbons (Fsp3) is 0.714. The fourth-order valence-corrected chi connectivity index (χ4v) is 0.541. The molecule has 0 saturated carbocycles. The maximum absolute atomic E-state index is 10.8. The van der Waals surface area contributed by atoms with Gasteiger partial charge in [-0.1, -0.05) is 0 Å². The van der Waals surface area contributed by atoms with Crippen LogP contribution in [0.4, 0.5) is 0 Å². The summed E-state index contributed by atoms with van der Waals surface area (Å²) in [5, 5.41) is 8.37. The third-order valence-electron chi connectivity index (χ3n) is 1.36. The summed E-state index contributed by atoms with van der Waals surface area (Å²) in [6.07, 6.45) is 0.0911. The number of hydrogen-bond acceptors (Lipinski definition) is 5. The molecule has 0 amide bonds. The number of carbonyl (C=O) groups excluding carboxylic acids is 1. The van der Waals surface area contributed by atoms with Gasteiger partial charge in [-0.15, -0.1) is 0 Å². The van der Waals surface area contributed by atoms with Gasteiger partial charge < -0.3 is 21.3 Å². The molecule has 0 aromatic heterocycles. The van der Waals surface area contributed by atoms with Crippen molar-refractivity contribution >= 4 is 11.9 Å². The minimum absolute atomic E-state index is 0.0200. The van der Waals surface area contributed by atoms with E-state index < -0.39 is 24.0 Å². The third kappa shape index (κ3) is 5.15. The van der Waals surface area contributed by atoms with Crippen LogP contribution in [0.1, 0.15) is 13.3 Å². The number of carboxylic acid groups (broad SMARTS) is 1. The van der Waals surface area contributed by atoms with E-state index in [0.717, 1.165) is 0 Å². The Kier molecular flexibility index (Phi) is 5.01. The molecule has 0 rings (SSSR count). The zero-order valence-electron chi connectivity index (χ0n) is 7.40. The van der Waals surface area contributed by atoms with Crippen molar-refractivity contribution in [2.24, 2.45) is 11.5 Å². The summed E-state index contributed by atoms with van der Waals surface area (Å²) in [6, 6.07) is -1.69. The Morgan fingerprint density at radius 2 is 2.00 bits per heavy atom. The summed E-state index contributed by atoms with van der Waals surface area (Å²) in [7, 11) is 0. The van der Waals surface area contributed by atoms with Crippen molar-refractivity contribution in [3.63, 3.8) is 0 Å². The summed E-state index contributed by atoms with van der Waals surface area (Å²) in [5.74, 6) is -1.67. The molecule has 0 unspecified atom stereocenters. The highest BCUT2D eigenvalue weighted by Gasteiger charge is 2.13. The van der Waals surface area contributed by atoms with Crippen molar-refractivity contribution in [1.29, 1.82) is 0 Å². The van der Waals surface area contributed by atoms with Gasteiger partial charge in [-0.25, -0.2) is 0 Å². The summed E-state index contributed by atoms with van der Waals surface area (Å²) in [6.45, 7) is 1.47. The average Bonchev–Trinajstić information content (AvgIpc) is 2.03. The first kappa shape index (κ1) is 11.9. The molecular weight excluding hydrogens is 176 g/mol. The molecule has 5 N–H and O–H groups in total. The maximum atomic E-state index is 10.8. The van der Waals surface area contributed by atoms with Gasteiger partial charge in [0, 0.05) is 6.42 Å². The van der Waals surface area contributed by atoms with Gasteiger partial charge in [0.25, 0.3) is 0 Å². The number of aliphatic carboxylic acids is 1. The van der Waals surface area contributed by atoms with Crippen molar-refractivity contribution in [3.8, 4) is 0 Å². The molecule has 0 heterocycles. The Balaban J connectivity index is 3.56. The number of ether oxygens (including phenoxy) is 1. The second-order valence-corrected chi connectivity index (χ2v) is 2.69. The van der Waals surface area contributed by atoms with Crippen LogP contribution in [0, 0.1) is 0 Å². The van der Waals surface area contributed by atoms with Crippen LogP contribution >= 0.6 is 0 Å². The monoisotopic (exact) mass is 190 g/mol. The van der Waals surface area contributed by atoms with Gasteiger partial charge in [0.1, 0.15) is 12.1 Å². The highest BCUT2D eigenvalue weighted by molar-refractivity contribution is 5.75. The molecule has 0 aliphatic carbocycles.